The van der Waals surface area contributed by atoms with Gasteiger partial charge in [-0.2, -0.15) is 15.0 Å². The summed E-state index contributed by atoms with van der Waals surface area (Å²) in [6.07, 6.45) is 1.10. The number of benzene rings is 2. The van der Waals surface area contributed by atoms with Crippen LogP contribution < -0.4 is 4.74 Å². The predicted molar refractivity (Wildman–Crippen MR) is 108 cm³/mol. The number of ether oxygens (including phenoxy) is 2. The molecule has 0 saturated carbocycles. The van der Waals surface area contributed by atoms with E-state index in [9.17, 15) is 4.79 Å². The highest BCUT2D eigenvalue weighted by atomic mass is 32.2. The summed E-state index contributed by atoms with van der Waals surface area (Å²) in [5.41, 5.74) is 0. The molecule has 0 unspecified atom stereocenters. The largest absolute Gasteiger partial charge is 0.460 e. The van der Waals surface area contributed by atoms with E-state index in [0.29, 0.717) is 10.3 Å². The Morgan fingerprint density at radius 2 is 1.39 bits per heavy atom. The molecule has 8 heteroatoms. The molecule has 0 aliphatic heterocycles. The van der Waals surface area contributed by atoms with Gasteiger partial charge in [0, 0.05) is 15.9 Å². The molecular weight excluding hydrogens is 394 g/mol. The highest BCUT2D eigenvalue weighted by Gasteiger charge is 2.11. The zero-order valence-corrected chi connectivity index (χ0v) is 16.5. The number of carbonyl (C=O) groups excluding carboxylic acids is 1. The van der Waals surface area contributed by atoms with Crippen molar-refractivity contribution in [2.75, 3.05) is 13.2 Å². The molecule has 0 spiro atoms. The monoisotopic (exact) mass is 411 g/mol. The molecule has 142 valence electrons. The minimum Gasteiger partial charge on any atom is -0.460 e. The molecule has 0 N–H and O–H groups in total. The van der Waals surface area contributed by atoms with Gasteiger partial charge < -0.3 is 9.47 Å². The Bertz CT molecular complexity index is 865. The third kappa shape index (κ3) is 6.40. The van der Waals surface area contributed by atoms with E-state index in [1.165, 1.54) is 23.5 Å². The molecule has 0 aliphatic rings. The van der Waals surface area contributed by atoms with Gasteiger partial charge in [0.15, 0.2) is 10.3 Å². The number of rotatable bonds is 9. The SMILES string of the molecule is C=CC(=O)OCCOc1nc(Sc2ccccc2)nc(Sc2ccccc2)n1. The highest BCUT2D eigenvalue weighted by Crippen LogP contribution is 2.30. The minimum absolute atomic E-state index is 0.0822. The van der Waals surface area contributed by atoms with Crippen molar-refractivity contribution in [2.24, 2.45) is 0 Å². The molecular formula is C20H17N3O3S2. The van der Waals surface area contributed by atoms with Crippen molar-refractivity contribution in [3.8, 4) is 6.01 Å². The molecule has 1 aromatic heterocycles. The van der Waals surface area contributed by atoms with Crippen LogP contribution in [0.25, 0.3) is 0 Å². The number of hydrogen-bond acceptors (Lipinski definition) is 8. The highest BCUT2D eigenvalue weighted by molar-refractivity contribution is 7.99. The summed E-state index contributed by atoms with van der Waals surface area (Å²) in [6, 6.07) is 19.8. The van der Waals surface area contributed by atoms with Crippen molar-refractivity contribution >= 4 is 29.5 Å². The van der Waals surface area contributed by atoms with Gasteiger partial charge in [0.1, 0.15) is 13.2 Å². The summed E-state index contributed by atoms with van der Waals surface area (Å²) < 4.78 is 10.5. The summed E-state index contributed by atoms with van der Waals surface area (Å²) in [6.45, 7) is 3.56. The fourth-order valence-electron chi connectivity index (χ4n) is 2.00. The van der Waals surface area contributed by atoms with Gasteiger partial charge in [-0.3, -0.25) is 0 Å². The van der Waals surface area contributed by atoms with Gasteiger partial charge in [-0.05, 0) is 47.8 Å². The van der Waals surface area contributed by atoms with Crippen LogP contribution in [-0.4, -0.2) is 34.1 Å². The van der Waals surface area contributed by atoms with Gasteiger partial charge in [0.2, 0.25) is 0 Å². The lowest BCUT2D eigenvalue weighted by Gasteiger charge is -2.08. The van der Waals surface area contributed by atoms with E-state index >= 15 is 0 Å². The van der Waals surface area contributed by atoms with Crippen LogP contribution in [0.2, 0.25) is 0 Å². The first-order valence-electron chi connectivity index (χ1n) is 8.37. The quantitative estimate of drug-likeness (QED) is 0.293. The summed E-state index contributed by atoms with van der Waals surface area (Å²) in [5.74, 6) is -0.500. The number of aromatic nitrogens is 3. The van der Waals surface area contributed by atoms with Crippen molar-refractivity contribution in [3.05, 3.63) is 73.3 Å². The van der Waals surface area contributed by atoms with Crippen molar-refractivity contribution < 1.29 is 14.3 Å². The third-order valence-electron chi connectivity index (χ3n) is 3.20. The Morgan fingerprint density at radius 1 is 0.857 bits per heavy atom. The van der Waals surface area contributed by atoms with E-state index in [1.54, 1.807) is 0 Å². The first-order valence-corrected chi connectivity index (χ1v) is 10.00. The van der Waals surface area contributed by atoms with Crippen molar-refractivity contribution in [2.45, 2.75) is 20.1 Å². The van der Waals surface area contributed by atoms with Gasteiger partial charge in [0.05, 0.1) is 0 Å². The Kier molecular flexibility index (Phi) is 7.45. The van der Waals surface area contributed by atoms with Crippen molar-refractivity contribution in [1.82, 2.24) is 15.0 Å². The molecule has 3 aromatic rings. The van der Waals surface area contributed by atoms with Gasteiger partial charge in [-0.25, -0.2) is 4.79 Å². The second-order valence-corrected chi connectivity index (χ2v) is 7.31. The topological polar surface area (TPSA) is 74.2 Å². The maximum Gasteiger partial charge on any atom is 0.330 e. The number of carbonyl (C=O) groups is 1. The smallest absolute Gasteiger partial charge is 0.330 e. The molecule has 3 rings (SSSR count). The van der Waals surface area contributed by atoms with Crippen LogP contribution in [0, 0.1) is 0 Å². The molecule has 0 atom stereocenters. The first kappa shape index (κ1) is 19.9. The molecule has 1 heterocycles. The maximum atomic E-state index is 11.1. The van der Waals surface area contributed by atoms with Gasteiger partial charge in [-0.1, -0.05) is 43.0 Å². The average Bonchev–Trinajstić information content (AvgIpc) is 2.72. The number of esters is 1. The van der Waals surface area contributed by atoms with Crippen molar-refractivity contribution in [1.29, 1.82) is 0 Å². The van der Waals surface area contributed by atoms with Gasteiger partial charge in [0.25, 0.3) is 0 Å². The minimum atomic E-state index is -0.500. The molecule has 0 radical (unpaired) electrons. The van der Waals surface area contributed by atoms with Crippen LogP contribution in [0.1, 0.15) is 0 Å². The van der Waals surface area contributed by atoms with Crippen LogP contribution in [0.15, 0.2) is 93.4 Å². The molecule has 2 aromatic carbocycles. The molecule has 0 amide bonds. The Balaban J connectivity index is 1.75. The molecule has 28 heavy (non-hydrogen) atoms. The van der Waals surface area contributed by atoms with E-state index < -0.39 is 5.97 Å². The lowest BCUT2D eigenvalue weighted by molar-refractivity contribution is -0.138. The Hall–Kier alpha value is -2.84. The molecule has 6 nitrogen and oxygen atoms in total. The van der Waals surface area contributed by atoms with E-state index in [2.05, 4.69) is 21.5 Å². The van der Waals surface area contributed by atoms with Crippen LogP contribution in [0.3, 0.4) is 0 Å². The van der Waals surface area contributed by atoms with Crippen LogP contribution in [0.5, 0.6) is 6.01 Å². The van der Waals surface area contributed by atoms with Crippen molar-refractivity contribution in [3.63, 3.8) is 0 Å². The summed E-state index contributed by atoms with van der Waals surface area (Å²) in [4.78, 5) is 26.3. The lowest BCUT2D eigenvalue weighted by atomic mass is 10.4. The molecule has 0 saturated heterocycles. The second kappa shape index (κ2) is 10.5. The van der Waals surface area contributed by atoms with Gasteiger partial charge in [-0.15, -0.1) is 0 Å². The normalized spacial score (nSPS) is 10.3. The standard InChI is InChI=1S/C20H17N3O3S2/c1-2-17(24)25-13-14-26-18-21-19(27-15-9-5-3-6-10-15)23-20(22-18)28-16-11-7-4-8-12-16/h2-12H,1,13-14H2. The third-order valence-corrected chi connectivity index (χ3v) is 4.95. The van der Waals surface area contributed by atoms with E-state index in [-0.39, 0.29) is 19.2 Å². The zero-order chi connectivity index (χ0) is 19.6. The first-order chi connectivity index (χ1) is 13.7. The average molecular weight is 412 g/mol. The summed E-state index contributed by atoms with van der Waals surface area (Å²) >= 11 is 2.84. The molecule has 0 aliphatic carbocycles. The lowest BCUT2D eigenvalue weighted by Crippen LogP contribution is -2.12. The molecule has 0 bridgehead atoms. The van der Waals surface area contributed by atoms with Gasteiger partial charge >= 0.3 is 12.0 Å². The van der Waals surface area contributed by atoms with E-state index in [0.717, 1.165) is 15.9 Å². The van der Waals surface area contributed by atoms with E-state index in [1.807, 2.05) is 60.7 Å². The fraction of sp³-hybridized carbons (Fsp3) is 0.100. The van der Waals surface area contributed by atoms with Crippen LogP contribution >= 0.6 is 23.5 Å². The number of nitrogens with zero attached hydrogens (tertiary/aromatic N) is 3. The van der Waals surface area contributed by atoms with Crippen LogP contribution in [-0.2, 0) is 9.53 Å². The summed E-state index contributed by atoms with van der Waals surface area (Å²) in [5, 5.41) is 1.05. The Labute approximate surface area is 171 Å². The predicted octanol–water partition coefficient (Wildman–Crippen LogP) is 4.28. The second-order valence-electron chi connectivity index (χ2n) is 5.23. The Morgan fingerprint density at radius 3 is 1.89 bits per heavy atom. The zero-order valence-electron chi connectivity index (χ0n) is 14.9. The number of hydrogen-bond donors (Lipinski definition) is 0. The maximum absolute atomic E-state index is 11.1. The van der Waals surface area contributed by atoms with E-state index in [4.69, 9.17) is 9.47 Å². The van der Waals surface area contributed by atoms with Crippen LogP contribution in [0.4, 0.5) is 0 Å². The summed E-state index contributed by atoms with van der Waals surface area (Å²) in [7, 11) is 0. The fourth-order valence-corrected chi connectivity index (χ4v) is 3.58. The molecule has 0 fully saturated rings.